The second kappa shape index (κ2) is 21.5. The molecule has 0 rings (SSSR count). The van der Waals surface area contributed by atoms with Crippen molar-refractivity contribution < 1.29 is 56.8 Å². The summed E-state index contributed by atoms with van der Waals surface area (Å²) >= 11 is 0. The second-order valence-corrected chi connectivity index (χ2v) is 0. The molecule has 0 unspecified atom stereocenters. The van der Waals surface area contributed by atoms with Crippen molar-refractivity contribution in [2.75, 3.05) is 0 Å². The van der Waals surface area contributed by atoms with E-state index < -0.39 is 0 Å². The maximum absolute atomic E-state index is 0. The quantitative estimate of drug-likeness (QED) is 0.521. The van der Waals surface area contributed by atoms with Crippen molar-refractivity contribution in [2.45, 2.75) is 7.43 Å². The smallest absolute Gasteiger partial charge is 0 e. The van der Waals surface area contributed by atoms with E-state index in [9.17, 15) is 0 Å². The molecule has 0 N–H and O–H groups in total. The molecule has 0 aliphatic rings. The first-order valence-electron chi connectivity index (χ1n) is 0. The fourth-order valence-corrected chi connectivity index (χ4v) is 0. The van der Waals surface area contributed by atoms with Gasteiger partial charge in [-0.1, -0.05) is 7.43 Å². The van der Waals surface area contributed by atoms with Crippen LogP contribution in [0.15, 0.2) is 0 Å². The summed E-state index contributed by atoms with van der Waals surface area (Å²) in [5.74, 6) is 0. The molecule has 0 amide bonds. The van der Waals surface area contributed by atoms with Gasteiger partial charge in [0.15, 0.2) is 0 Å². The standard InChI is InChI=1S/CH4.Cr.Mn.Nb/h1H4;;;. The van der Waals surface area contributed by atoms with Crippen molar-refractivity contribution >= 4 is 0 Å². The van der Waals surface area contributed by atoms with E-state index >= 15 is 0 Å². The Labute approximate surface area is 63.8 Å². The molecule has 0 aromatic carbocycles. The van der Waals surface area contributed by atoms with E-state index in [4.69, 9.17) is 0 Å². The second-order valence-electron chi connectivity index (χ2n) is 0. The summed E-state index contributed by atoms with van der Waals surface area (Å²) in [5, 5.41) is 0. The van der Waals surface area contributed by atoms with Crippen molar-refractivity contribution in [3.8, 4) is 0 Å². The zero-order chi connectivity index (χ0) is 0. The molecular formula is CH4CrMnNb. The van der Waals surface area contributed by atoms with Gasteiger partial charge < -0.3 is 0 Å². The van der Waals surface area contributed by atoms with E-state index in [2.05, 4.69) is 0 Å². The van der Waals surface area contributed by atoms with Crippen molar-refractivity contribution in [1.29, 1.82) is 0 Å². The third-order valence-corrected chi connectivity index (χ3v) is 0. The Morgan fingerprint density at radius 3 is 1.00 bits per heavy atom. The van der Waals surface area contributed by atoms with E-state index in [1.807, 2.05) is 0 Å². The molecule has 0 heterocycles. The van der Waals surface area contributed by atoms with Crippen molar-refractivity contribution in [2.24, 2.45) is 0 Å². The van der Waals surface area contributed by atoms with Gasteiger partial charge in [-0.25, -0.2) is 0 Å². The molecular weight excluding hydrogens is 212 g/mol. The number of rotatable bonds is 0. The van der Waals surface area contributed by atoms with Gasteiger partial charge in [0.2, 0.25) is 0 Å². The van der Waals surface area contributed by atoms with Crippen molar-refractivity contribution in [3.05, 3.63) is 0 Å². The molecule has 0 aromatic heterocycles. The van der Waals surface area contributed by atoms with Gasteiger partial charge >= 0.3 is 0 Å². The molecule has 26 valence electrons. The molecule has 0 nitrogen and oxygen atoms in total. The Balaban J connectivity index is 0. The molecule has 0 aliphatic carbocycles. The van der Waals surface area contributed by atoms with Crippen molar-refractivity contribution in [3.63, 3.8) is 0 Å². The SMILES string of the molecule is C.[Cr].[Mn].[Nb]. The van der Waals surface area contributed by atoms with E-state index in [1.54, 1.807) is 0 Å². The van der Waals surface area contributed by atoms with Gasteiger partial charge in [0, 0.05) is 56.8 Å². The minimum atomic E-state index is 0. The summed E-state index contributed by atoms with van der Waals surface area (Å²) in [4.78, 5) is 0. The number of hydrogen-bond donors (Lipinski definition) is 0. The van der Waals surface area contributed by atoms with Crippen LogP contribution in [0.1, 0.15) is 7.43 Å². The van der Waals surface area contributed by atoms with Gasteiger partial charge in [-0.15, -0.1) is 0 Å². The summed E-state index contributed by atoms with van der Waals surface area (Å²) in [6.07, 6.45) is 0. The maximum atomic E-state index is 0. The Morgan fingerprint density at radius 1 is 1.00 bits per heavy atom. The van der Waals surface area contributed by atoms with Gasteiger partial charge in [0.1, 0.15) is 0 Å². The molecule has 0 spiro atoms. The topological polar surface area (TPSA) is 0 Å². The predicted octanol–water partition coefficient (Wildman–Crippen LogP) is 0.629. The Morgan fingerprint density at radius 2 is 1.00 bits per heavy atom. The van der Waals surface area contributed by atoms with E-state index in [0.717, 1.165) is 0 Å². The van der Waals surface area contributed by atoms with Crippen LogP contribution in [0.5, 0.6) is 0 Å². The van der Waals surface area contributed by atoms with Crippen LogP contribution in [-0.4, -0.2) is 0 Å². The van der Waals surface area contributed by atoms with E-state index in [-0.39, 0.29) is 64.2 Å². The van der Waals surface area contributed by atoms with Crippen molar-refractivity contribution in [1.82, 2.24) is 0 Å². The Kier molecular flexibility index (Phi) is 222. The average molecular weight is 216 g/mol. The molecule has 2 radical (unpaired) electrons. The zero-order valence-corrected chi connectivity index (χ0v) is 5.89. The Hall–Kier alpha value is 1.79. The summed E-state index contributed by atoms with van der Waals surface area (Å²) in [6.45, 7) is 0. The van der Waals surface area contributed by atoms with Gasteiger partial charge in [-0.2, -0.15) is 0 Å². The van der Waals surface area contributed by atoms with Crippen LogP contribution >= 0.6 is 0 Å². The molecule has 0 bridgehead atoms. The fourth-order valence-electron chi connectivity index (χ4n) is 0. The van der Waals surface area contributed by atoms with Gasteiger partial charge in [0.25, 0.3) is 0 Å². The first-order chi connectivity index (χ1) is 0. The molecule has 0 saturated heterocycles. The van der Waals surface area contributed by atoms with Crippen LogP contribution in [0.4, 0.5) is 0 Å². The summed E-state index contributed by atoms with van der Waals surface area (Å²) < 4.78 is 0. The van der Waals surface area contributed by atoms with Gasteiger partial charge in [0.05, 0.1) is 0 Å². The fraction of sp³-hybridized carbons (Fsp3) is 1.00. The van der Waals surface area contributed by atoms with Crippen LogP contribution in [0, 0.1) is 0 Å². The third-order valence-electron chi connectivity index (χ3n) is 0. The summed E-state index contributed by atoms with van der Waals surface area (Å²) in [7, 11) is 0. The maximum Gasteiger partial charge on any atom is 0 e. The van der Waals surface area contributed by atoms with Crippen LogP contribution in [-0.2, 0) is 56.8 Å². The molecule has 0 aliphatic heterocycles. The molecule has 0 saturated carbocycles. The van der Waals surface area contributed by atoms with E-state index in [0.29, 0.717) is 0 Å². The summed E-state index contributed by atoms with van der Waals surface area (Å²) in [5.41, 5.74) is 0. The van der Waals surface area contributed by atoms with Crippen LogP contribution in [0.2, 0.25) is 0 Å². The molecule has 0 fully saturated rings. The van der Waals surface area contributed by atoms with Gasteiger partial charge in [-0.3, -0.25) is 0 Å². The number of hydrogen-bond acceptors (Lipinski definition) is 0. The first kappa shape index (κ1) is 41.4. The minimum Gasteiger partial charge on any atom is -0.0776 e. The Bertz CT molecular complexity index is 8.00. The molecule has 3 heteroatoms. The molecule has 0 aromatic rings. The van der Waals surface area contributed by atoms with Crippen LogP contribution in [0.3, 0.4) is 0 Å². The monoisotopic (exact) mass is 216 g/mol. The summed E-state index contributed by atoms with van der Waals surface area (Å²) in [6, 6.07) is 0. The minimum absolute atomic E-state index is 0. The van der Waals surface area contributed by atoms with Crippen LogP contribution in [0.25, 0.3) is 0 Å². The normalized spacial score (nSPS) is 0. The average Bonchev–Trinajstić information content (AvgIpc) is 0. The molecule has 4 heavy (non-hydrogen) atoms. The van der Waals surface area contributed by atoms with E-state index in [1.165, 1.54) is 0 Å². The zero-order valence-electron chi connectivity index (χ0n) is 1.23. The first-order valence-corrected chi connectivity index (χ1v) is 0. The van der Waals surface area contributed by atoms with Gasteiger partial charge in [-0.05, 0) is 0 Å². The van der Waals surface area contributed by atoms with Crippen LogP contribution < -0.4 is 0 Å². The third kappa shape index (κ3) is 9.20. The predicted molar refractivity (Wildman–Crippen MR) is 6.73 cm³/mol. The molecule has 0 atom stereocenters. The largest absolute Gasteiger partial charge is 0.0776 e.